The number of thiazole rings is 1. The molecule has 1 saturated heterocycles. The quantitative estimate of drug-likeness (QED) is 0.943. The largest absolute Gasteiger partial charge is 0.459 e. The number of carbonyl (C=O) groups excluding carboxylic acids is 1. The third-order valence-corrected chi connectivity index (χ3v) is 4.56. The average Bonchev–Trinajstić information content (AvgIpc) is 3.08. The Hall–Kier alpha value is -1.66. The van der Waals surface area contributed by atoms with Gasteiger partial charge in [0.1, 0.15) is 5.76 Å². The highest BCUT2D eigenvalue weighted by Crippen LogP contribution is 2.26. The van der Waals surface area contributed by atoms with Gasteiger partial charge >= 0.3 is 0 Å². The molecule has 2 aromatic rings. The molecule has 1 aliphatic heterocycles. The van der Waals surface area contributed by atoms with Crippen LogP contribution in [0.15, 0.2) is 21.9 Å². The van der Waals surface area contributed by atoms with Crippen molar-refractivity contribution in [3.05, 3.63) is 29.0 Å². The molecular formula is C15H19N3O2S. The van der Waals surface area contributed by atoms with Crippen LogP contribution in [-0.4, -0.2) is 41.5 Å². The zero-order chi connectivity index (χ0) is 14.8. The maximum Gasteiger partial charge on any atom is 0.228 e. The Kier molecular flexibility index (Phi) is 4.07. The van der Waals surface area contributed by atoms with Crippen LogP contribution in [0, 0.1) is 6.92 Å². The Balaban J connectivity index is 1.68. The van der Waals surface area contributed by atoms with Crippen molar-refractivity contribution in [1.29, 1.82) is 0 Å². The van der Waals surface area contributed by atoms with E-state index in [0.29, 0.717) is 6.42 Å². The van der Waals surface area contributed by atoms with E-state index >= 15 is 0 Å². The van der Waals surface area contributed by atoms with Crippen LogP contribution in [0.5, 0.6) is 0 Å². The minimum atomic E-state index is 0.150. The van der Waals surface area contributed by atoms with Gasteiger partial charge in [-0.1, -0.05) is 0 Å². The Morgan fingerprint density at radius 2 is 2.43 bits per heavy atom. The van der Waals surface area contributed by atoms with E-state index in [2.05, 4.69) is 17.2 Å². The van der Waals surface area contributed by atoms with Crippen molar-refractivity contribution in [3.8, 4) is 10.8 Å². The molecule has 1 atom stereocenters. The van der Waals surface area contributed by atoms with Gasteiger partial charge < -0.3 is 14.6 Å². The summed E-state index contributed by atoms with van der Waals surface area (Å²) >= 11 is 1.52. The Morgan fingerprint density at radius 3 is 3.14 bits per heavy atom. The molecular weight excluding hydrogens is 286 g/mol. The monoisotopic (exact) mass is 305 g/mol. The molecule has 0 radical (unpaired) electrons. The van der Waals surface area contributed by atoms with Gasteiger partial charge in [0.15, 0.2) is 10.8 Å². The predicted molar refractivity (Wildman–Crippen MR) is 82.3 cm³/mol. The fourth-order valence-electron chi connectivity index (χ4n) is 2.52. The molecule has 0 bridgehead atoms. The topological polar surface area (TPSA) is 58.4 Å². The normalized spacial score (nSPS) is 19.0. The van der Waals surface area contributed by atoms with Gasteiger partial charge in [0, 0.05) is 31.1 Å². The second kappa shape index (κ2) is 5.99. The van der Waals surface area contributed by atoms with Crippen molar-refractivity contribution in [1.82, 2.24) is 15.2 Å². The summed E-state index contributed by atoms with van der Waals surface area (Å²) in [6.07, 6.45) is 0.362. The minimum Gasteiger partial charge on any atom is -0.459 e. The first kappa shape index (κ1) is 14.3. The molecule has 1 N–H and O–H groups in total. The first-order valence-corrected chi connectivity index (χ1v) is 8.03. The SMILES string of the molecule is Cc1ccc(-c2nc(CC(=O)N3CCNC[C@H]3C)cs2)o1. The van der Waals surface area contributed by atoms with Crippen molar-refractivity contribution in [2.24, 2.45) is 0 Å². The van der Waals surface area contributed by atoms with Gasteiger partial charge in [0.25, 0.3) is 0 Å². The number of nitrogens with zero attached hydrogens (tertiary/aromatic N) is 2. The minimum absolute atomic E-state index is 0.150. The lowest BCUT2D eigenvalue weighted by atomic mass is 10.2. The van der Waals surface area contributed by atoms with Crippen LogP contribution in [-0.2, 0) is 11.2 Å². The van der Waals surface area contributed by atoms with Gasteiger partial charge in [-0.15, -0.1) is 11.3 Å². The maximum atomic E-state index is 12.4. The third kappa shape index (κ3) is 3.16. The number of piperazine rings is 1. The van der Waals surface area contributed by atoms with Gasteiger partial charge in [-0.05, 0) is 26.0 Å². The highest BCUT2D eigenvalue weighted by Gasteiger charge is 2.23. The molecule has 1 aliphatic rings. The number of carbonyl (C=O) groups is 1. The van der Waals surface area contributed by atoms with Crippen molar-refractivity contribution in [2.75, 3.05) is 19.6 Å². The summed E-state index contributed by atoms with van der Waals surface area (Å²) in [7, 11) is 0. The van der Waals surface area contributed by atoms with Gasteiger partial charge in [0.2, 0.25) is 5.91 Å². The van der Waals surface area contributed by atoms with Crippen LogP contribution in [0.25, 0.3) is 10.8 Å². The van der Waals surface area contributed by atoms with Crippen LogP contribution in [0.4, 0.5) is 0 Å². The smallest absolute Gasteiger partial charge is 0.228 e. The van der Waals surface area contributed by atoms with E-state index in [-0.39, 0.29) is 11.9 Å². The molecule has 6 heteroatoms. The number of hydrogen-bond acceptors (Lipinski definition) is 5. The van der Waals surface area contributed by atoms with E-state index in [1.807, 2.05) is 29.3 Å². The number of nitrogens with one attached hydrogen (secondary N) is 1. The van der Waals surface area contributed by atoms with E-state index < -0.39 is 0 Å². The van der Waals surface area contributed by atoms with Gasteiger partial charge in [0.05, 0.1) is 12.1 Å². The first-order chi connectivity index (χ1) is 10.1. The summed E-state index contributed by atoms with van der Waals surface area (Å²) in [5.74, 6) is 1.79. The summed E-state index contributed by atoms with van der Waals surface area (Å²) in [5, 5.41) is 6.07. The molecule has 0 aromatic carbocycles. The molecule has 3 heterocycles. The lowest BCUT2D eigenvalue weighted by molar-refractivity contribution is -0.133. The highest BCUT2D eigenvalue weighted by atomic mass is 32.1. The van der Waals surface area contributed by atoms with E-state index in [9.17, 15) is 4.79 Å². The Labute approximate surface area is 128 Å². The molecule has 1 fully saturated rings. The number of aromatic nitrogens is 1. The fraction of sp³-hybridized carbons (Fsp3) is 0.467. The molecule has 112 valence electrons. The van der Waals surface area contributed by atoms with Crippen LogP contribution in [0.1, 0.15) is 18.4 Å². The lowest BCUT2D eigenvalue weighted by Crippen LogP contribution is -2.52. The average molecular weight is 305 g/mol. The summed E-state index contributed by atoms with van der Waals surface area (Å²) in [6, 6.07) is 4.08. The molecule has 5 nitrogen and oxygen atoms in total. The molecule has 2 aromatic heterocycles. The predicted octanol–water partition coefficient (Wildman–Crippen LogP) is 2.07. The number of aryl methyl sites for hydroxylation is 1. The van der Waals surface area contributed by atoms with Gasteiger partial charge in [-0.3, -0.25) is 4.79 Å². The molecule has 1 amide bonds. The Morgan fingerprint density at radius 1 is 1.57 bits per heavy atom. The molecule has 3 rings (SSSR count). The lowest BCUT2D eigenvalue weighted by Gasteiger charge is -2.33. The summed E-state index contributed by atoms with van der Waals surface area (Å²) < 4.78 is 5.57. The summed E-state index contributed by atoms with van der Waals surface area (Å²) in [6.45, 7) is 6.48. The molecule has 0 unspecified atom stereocenters. The van der Waals surface area contributed by atoms with Gasteiger partial charge in [-0.2, -0.15) is 0 Å². The number of rotatable bonds is 3. The first-order valence-electron chi connectivity index (χ1n) is 7.15. The van der Waals surface area contributed by atoms with E-state index in [1.54, 1.807) is 0 Å². The maximum absolute atomic E-state index is 12.4. The van der Waals surface area contributed by atoms with Crippen molar-refractivity contribution < 1.29 is 9.21 Å². The summed E-state index contributed by atoms with van der Waals surface area (Å²) in [5.41, 5.74) is 0.819. The number of furan rings is 1. The van der Waals surface area contributed by atoms with Crippen LogP contribution < -0.4 is 5.32 Å². The molecule has 0 saturated carbocycles. The second-order valence-electron chi connectivity index (χ2n) is 5.37. The van der Waals surface area contributed by atoms with Gasteiger partial charge in [-0.25, -0.2) is 4.98 Å². The zero-order valence-corrected chi connectivity index (χ0v) is 13.1. The third-order valence-electron chi connectivity index (χ3n) is 3.66. The van der Waals surface area contributed by atoms with Crippen LogP contribution in [0.2, 0.25) is 0 Å². The van der Waals surface area contributed by atoms with Crippen LogP contribution in [0.3, 0.4) is 0 Å². The van der Waals surface area contributed by atoms with Crippen molar-refractivity contribution >= 4 is 17.2 Å². The van der Waals surface area contributed by atoms with Crippen LogP contribution >= 0.6 is 11.3 Å². The molecule has 0 spiro atoms. The Bertz CT molecular complexity index is 634. The van der Waals surface area contributed by atoms with E-state index in [1.165, 1.54) is 11.3 Å². The number of amides is 1. The van der Waals surface area contributed by atoms with E-state index in [4.69, 9.17) is 4.42 Å². The standard InChI is InChI=1S/C15H19N3O2S/c1-10-8-16-5-6-18(10)14(19)7-12-9-21-15(17-12)13-4-3-11(2)20-13/h3-4,9-10,16H,5-8H2,1-2H3/t10-/m1/s1. The van der Waals surface area contributed by atoms with Crippen molar-refractivity contribution in [2.45, 2.75) is 26.3 Å². The molecule has 0 aliphatic carbocycles. The second-order valence-corrected chi connectivity index (χ2v) is 6.23. The van der Waals surface area contributed by atoms with E-state index in [0.717, 1.165) is 41.9 Å². The fourth-order valence-corrected chi connectivity index (χ4v) is 3.30. The van der Waals surface area contributed by atoms with Crippen molar-refractivity contribution in [3.63, 3.8) is 0 Å². The zero-order valence-electron chi connectivity index (χ0n) is 12.3. The highest BCUT2D eigenvalue weighted by molar-refractivity contribution is 7.13. The molecule has 21 heavy (non-hydrogen) atoms. The summed E-state index contributed by atoms with van der Waals surface area (Å²) in [4.78, 5) is 18.8. The number of hydrogen-bond donors (Lipinski definition) is 1.